The molecular formula is C9H10ClN3O2. The molecule has 0 bridgehead atoms. The molecule has 80 valence electrons. The van der Waals surface area contributed by atoms with Crippen LogP contribution in [0, 0.1) is 6.92 Å². The first-order valence-electron chi connectivity index (χ1n) is 4.12. The first-order valence-corrected chi connectivity index (χ1v) is 4.50. The van der Waals surface area contributed by atoms with Crippen molar-refractivity contribution in [3.8, 4) is 0 Å². The van der Waals surface area contributed by atoms with Gasteiger partial charge in [-0.25, -0.2) is 5.84 Å². The Morgan fingerprint density at radius 3 is 2.53 bits per heavy atom. The van der Waals surface area contributed by atoms with Crippen LogP contribution in [-0.2, 0) is 9.59 Å². The van der Waals surface area contributed by atoms with Gasteiger partial charge in [-0.05, 0) is 24.6 Å². The highest BCUT2D eigenvalue weighted by Gasteiger charge is 2.11. The fourth-order valence-corrected chi connectivity index (χ4v) is 1.10. The van der Waals surface area contributed by atoms with Gasteiger partial charge in [-0.15, -0.1) is 0 Å². The predicted octanol–water partition coefficient (Wildman–Crippen LogP) is 0.577. The maximum Gasteiger partial charge on any atom is 0.323 e. The minimum atomic E-state index is -0.910. The maximum atomic E-state index is 11.1. The van der Waals surface area contributed by atoms with Crippen molar-refractivity contribution in [2.45, 2.75) is 6.92 Å². The summed E-state index contributed by atoms with van der Waals surface area (Å²) in [7, 11) is 0. The van der Waals surface area contributed by atoms with E-state index in [-0.39, 0.29) is 0 Å². The molecule has 1 rings (SSSR count). The molecule has 0 aliphatic heterocycles. The van der Waals surface area contributed by atoms with Crippen LogP contribution in [0.1, 0.15) is 5.56 Å². The van der Waals surface area contributed by atoms with Gasteiger partial charge in [0.25, 0.3) is 0 Å². The molecule has 1 aromatic carbocycles. The molecule has 2 amide bonds. The molecule has 6 heteroatoms. The predicted molar refractivity (Wildman–Crippen MR) is 57.1 cm³/mol. The third-order valence-corrected chi connectivity index (χ3v) is 2.17. The van der Waals surface area contributed by atoms with Crippen LogP contribution in [0.2, 0.25) is 5.02 Å². The summed E-state index contributed by atoms with van der Waals surface area (Å²) in [6.45, 7) is 1.83. The Bertz CT molecular complexity index is 406. The summed E-state index contributed by atoms with van der Waals surface area (Å²) in [5.74, 6) is 3.05. The van der Waals surface area contributed by atoms with Crippen molar-refractivity contribution in [3.63, 3.8) is 0 Å². The molecule has 0 aliphatic carbocycles. The van der Waals surface area contributed by atoms with Crippen molar-refractivity contribution in [1.82, 2.24) is 5.43 Å². The first kappa shape index (κ1) is 11.5. The van der Waals surface area contributed by atoms with Crippen LogP contribution in [-0.4, -0.2) is 11.8 Å². The molecule has 0 unspecified atom stereocenters. The Labute approximate surface area is 91.6 Å². The molecular weight excluding hydrogens is 218 g/mol. The van der Waals surface area contributed by atoms with E-state index in [4.69, 9.17) is 17.4 Å². The number of aryl methyl sites for hydroxylation is 1. The number of halogens is 1. The van der Waals surface area contributed by atoms with Crippen LogP contribution in [0.4, 0.5) is 5.69 Å². The number of rotatable bonds is 1. The van der Waals surface area contributed by atoms with E-state index in [0.717, 1.165) is 5.56 Å². The van der Waals surface area contributed by atoms with Gasteiger partial charge in [0.15, 0.2) is 0 Å². The van der Waals surface area contributed by atoms with E-state index in [9.17, 15) is 9.59 Å². The number of nitrogens with one attached hydrogen (secondary N) is 2. The number of carbonyl (C=O) groups excluding carboxylic acids is 2. The fourth-order valence-electron chi connectivity index (χ4n) is 0.924. The number of amides is 2. The Balaban J connectivity index is 2.77. The van der Waals surface area contributed by atoms with Gasteiger partial charge in [0, 0.05) is 10.7 Å². The van der Waals surface area contributed by atoms with E-state index < -0.39 is 11.8 Å². The number of hydrogen-bond donors (Lipinski definition) is 3. The van der Waals surface area contributed by atoms with E-state index in [1.807, 2.05) is 6.92 Å². The molecule has 0 aromatic heterocycles. The van der Waals surface area contributed by atoms with Crippen molar-refractivity contribution >= 4 is 29.1 Å². The van der Waals surface area contributed by atoms with Crippen LogP contribution >= 0.6 is 11.6 Å². The molecule has 0 saturated heterocycles. The normalized spacial score (nSPS) is 9.53. The van der Waals surface area contributed by atoms with Crippen LogP contribution in [0.15, 0.2) is 18.2 Å². The number of carbonyl (C=O) groups is 2. The summed E-state index contributed by atoms with van der Waals surface area (Å²) in [5, 5.41) is 2.86. The summed E-state index contributed by atoms with van der Waals surface area (Å²) in [4.78, 5) is 21.9. The monoisotopic (exact) mass is 227 g/mol. The molecule has 4 N–H and O–H groups in total. The zero-order valence-corrected chi connectivity index (χ0v) is 8.76. The summed E-state index contributed by atoms with van der Waals surface area (Å²) in [5.41, 5.74) is 3.06. The van der Waals surface area contributed by atoms with Gasteiger partial charge in [0.1, 0.15) is 0 Å². The Hall–Kier alpha value is -1.59. The lowest BCUT2D eigenvalue weighted by atomic mass is 10.2. The lowest BCUT2D eigenvalue weighted by Crippen LogP contribution is -2.39. The summed E-state index contributed by atoms with van der Waals surface area (Å²) >= 11 is 5.83. The van der Waals surface area contributed by atoms with E-state index >= 15 is 0 Å². The second-order valence-electron chi connectivity index (χ2n) is 2.89. The average molecular weight is 228 g/mol. The number of hydrazine groups is 1. The largest absolute Gasteiger partial charge is 0.323 e. The topological polar surface area (TPSA) is 84.2 Å². The summed E-state index contributed by atoms with van der Waals surface area (Å²) in [6, 6.07) is 4.93. The zero-order valence-electron chi connectivity index (χ0n) is 8.00. The van der Waals surface area contributed by atoms with E-state index in [1.54, 1.807) is 23.6 Å². The van der Waals surface area contributed by atoms with Crippen LogP contribution in [0.3, 0.4) is 0 Å². The Kier molecular flexibility index (Phi) is 3.65. The molecule has 0 saturated carbocycles. The Morgan fingerprint density at radius 1 is 1.33 bits per heavy atom. The molecule has 5 nitrogen and oxygen atoms in total. The van der Waals surface area contributed by atoms with Crippen molar-refractivity contribution in [2.75, 3.05) is 5.32 Å². The van der Waals surface area contributed by atoms with Gasteiger partial charge in [0.05, 0.1) is 0 Å². The first-order chi connectivity index (χ1) is 7.04. The van der Waals surface area contributed by atoms with Crippen LogP contribution in [0.5, 0.6) is 0 Å². The molecule has 0 radical (unpaired) electrons. The second kappa shape index (κ2) is 4.77. The number of hydrogen-bond acceptors (Lipinski definition) is 3. The van der Waals surface area contributed by atoms with Crippen molar-refractivity contribution in [1.29, 1.82) is 0 Å². The molecule has 0 fully saturated rings. The van der Waals surface area contributed by atoms with Gasteiger partial charge in [0.2, 0.25) is 0 Å². The number of anilines is 1. The highest BCUT2D eigenvalue weighted by Crippen LogP contribution is 2.19. The molecule has 15 heavy (non-hydrogen) atoms. The Morgan fingerprint density at radius 2 is 2.00 bits per heavy atom. The van der Waals surface area contributed by atoms with E-state index in [0.29, 0.717) is 10.7 Å². The van der Waals surface area contributed by atoms with Crippen molar-refractivity contribution in [3.05, 3.63) is 28.8 Å². The van der Waals surface area contributed by atoms with Gasteiger partial charge < -0.3 is 5.32 Å². The SMILES string of the molecule is Cc1ccc(NC(=O)C(=O)NN)cc1Cl. The highest BCUT2D eigenvalue weighted by molar-refractivity contribution is 6.39. The third kappa shape index (κ3) is 2.93. The van der Waals surface area contributed by atoms with Crippen LogP contribution in [0.25, 0.3) is 0 Å². The minimum absolute atomic E-state index is 0.444. The number of nitrogens with two attached hydrogens (primary N) is 1. The van der Waals surface area contributed by atoms with Gasteiger partial charge >= 0.3 is 11.8 Å². The maximum absolute atomic E-state index is 11.1. The van der Waals surface area contributed by atoms with E-state index in [1.165, 1.54) is 0 Å². The molecule has 0 atom stereocenters. The lowest BCUT2D eigenvalue weighted by molar-refractivity contribution is -0.136. The summed E-state index contributed by atoms with van der Waals surface area (Å²) < 4.78 is 0. The fraction of sp³-hybridized carbons (Fsp3) is 0.111. The molecule has 1 aromatic rings. The van der Waals surface area contributed by atoms with Gasteiger partial charge in [-0.3, -0.25) is 15.0 Å². The molecule has 0 aliphatic rings. The average Bonchev–Trinajstić information content (AvgIpc) is 2.22. The molecule has 0 heterocycles. The third-order valence-electron chi connectivity index (χ3n) is 1.77. The number of benzene rings is 1. The van der Waals surface area contributed by atoms with Gasteiger partial charge in [-0.1, -0.05) is 17.7 Å². The highest BCUT2D eigenvalue weighted by atomic mass is 35.5. The summed E-state index contributed by atoms with van der Waals surface area (Å²) in [6.07, 6.45) is 0. The minimum Gasteiger partial charge on any atom is -0.318 e. The standard InChI is InChI=1S/C9H10ClN3O2/c1-5-2-3-6(4-7(5)10)12-8(14)9(15)13-11/h2-4H,11H2,1H3,(H,12,14)(H,13,15). The van der Waals surface area contributed by atoms with E-state index in [2.05, 4.69) is 5.32 Å². The van der Waals surface area contributed by atoms with Crippen molar-refractivity contribution < 1.29 is 9.59 Å². The quantitative estimate of drug-likeness (QED) is 0.284. The zero-order chi connectivity index (χ0) is 11.4. The van der Waals surface area contributed by atoms with Gasteiger partial charge in [-0.2, -0.15) is 0 Å². The smallest absolute Gasteiger partial charge is 0.318 e. The molecule has 0 spiro atoms. The van der Waals surface area contributed by atoms with Crippen LogP contribution < -0.4 is 16.6 Å². The second-order valence-corrected chi connectivity index (χ2v) is 3.30. The lowest BCUT2D eigenvalue weighted by Gasteiger charge is -2.05. The van der Waals surface area contributed by atoms with Crippen molar-refractivity contribution in [2.24, 2.45) is 5.84 Å².